The normalized spacial score (nSPS) is 11.0. The third-order valence-corrected chi connectivity index (χ3v) is 4.85. The molecule has 0 unspecified atom stereocenters. The maximum Gasteiger partial charge on any atom is 0.250 e. The second-order valence-corrected chi connectivity index (χ2v) is 6.70. The van der Waals surface area contributed by atoms with Crippen LogP contribution in [-0.4, -0.2) is 25.0 Å². The van der Waals surface area contributed by atoms with Crippen LogP contribution in [0, 0.1) is 0 Å². The molecule has 1 N–H and O–H groups in total. The van der Waals surface area contributed by atoms with Gasteiger partial charge in [0.2, 0.25) is 5.91 Å². The lowest BCUT2D eigenvalue weighted by atomic mass is 10.1. The average molecular weight is 364 g/mol. The number of hydrazone groups is 1. The SMILES string of the molecule is COc1ccccc1/C=N\NC(=O)CSCc1ccc2ccccc2c1. The lowest BCUT2D eigenvalue weighted by Crippen LogP contribution is -2.19. The van der Waals surface area contributed by atoms with Gasteiger partial charge in [-0.2, -0.15) is 5.10 Å². The number of nitrogens with zero attached hydrogens (tertiary/aromatic N) is 1. The molecule has 0 heterocycles. The molecule has 0 aromatic heterocycles. The Hall–Kier alpha value is -2.79. The molecular formula is C21H20N2O2S. The van der Waals surface area contributed by atoms with E-state index >= 15 is 0 Å². The number of para-hydroxylation sites is 1. The highest BCUT2D eigenvalue weighted by molar-refractivity contribution is 7.99. The Labute approximate surface area is 157 Å². The highest BCUT2D eigenvalue weighted by atomic mass is 32.2. The number of hydrogen-bond acceptors (Lipinski definition) is 4. The third kappa shape index (κ3) is 4.86. The fourth-order valence-electron chi connectivity index (χ4n) is 2.57. The molecule has 26 heavy (non-hydrogen) atoms. The average Bonchev–Trinajstić information content (AvgIpc) is 2.68. The van der Waals surface area contributed by atoms with E-state index in [1.54, 1.807) is 25.1 Å². The first-order valence-electron chi connectivity index (χ1n) is 8.26. The molecule has 132 valence electrons. The number of amides is 1. The Kier molecular flexibility index (Phi) is 6.28. The summed E-state index contributed by atoms with van der Waals surface area (Å²) < 4.78 is 5.24. The summed E-state index contributed by atoms with van der Waals surface area (Å²) in [6.45, 7) is 0. The minimum Gasteiger partial charge on any atom is -0.496 e. The smallest absolute Gasteiger partial charge is 0.250 e. The number of thioether (sulfide) groups is 1. The number of rotatable bonds is 7. The highest BCUT2D eigenvalue weighted by Crippen LogP contribution is 2.19. The van der Waals surface area contributed by atoms with Gasteiger partial charge in [0.1, 0.15) is 5.75 Å². The van der Waals surface area contributed by atoms with Crippen LogP contribution in [0.5, 0.6) is 5.75 Å². The van der Waals surface area contributed by atoms with Gasteiger partial charge in [0.25, 0.3) is 0 Å². The molecule has 3 aromatic rings. The van der Waals surface area contributed by atoms with Gasteiger partial charge in [0.05, 0.1) is 19.1 Å². The molecule has 0 spiro atoms. The Morgan fingerprint density at radius 1 is 1.08 bits per heavy atom. The summed E-state index contributed by atoms with van der Waals surface area (Å²) in [5, 5.41) is 6.44. The molecule has 0 radical (unpaired) electrons. The largest absolute Gasteiger partial charge is 0.496 e. The Morgan fingerprint density at radius 3 is 2.69 bits per heavy atom. The molecule has 0 saturated carbocycles. The number of hydrogen-bond donors (Lipinski definition) is 1. The zero-order valence-corrected chi connectivity index (χ0v) is 15.3. The van der Waals surface area contributed by atoms with Gasteiger partial charge >= 0.3 is 0 Å². The van der Waals surface area contributed by atoms with E-state index in [1.807, 2.05) is 36.4 Å². The van der Waals surface area contributed by atoms with Crippen LogP contribution in [0.25, 0.3) is 10.8 Å². The van der Waals surface area contributed by atoms with Crippen molar-refractivity contribution < 1.29 is 9.53 Å². The predicted octanol–water partition coefficient (Wildman–Crippen LogP) is 4.23. The summed E-state index contributed by atoms with van der Waals surface area (Å²) in [5.41, 5.74) is 4.58. The molecule has 3 aromatic carbocycles. The number of methoxy groups -OCH3 is 1. The molecule has 0 aliphatic rings. The zero-order valence-electron chi connectivity index (χ0n) is 14.5. The Bertz CT molecular complexity index is 925. The van der Waals surface area contributed by atoms with Crippen molar-refractivity contribution in [2.45, 2.75) is 5.75 Å². The van der Waals surface area contributed by atoms with E-state index < -0.39 is 0 Å². The number of fused-ring (bicyclic) bond motifs is 1. The molecule has 0 bridgehead atoms. The van der Waals surface area contributed by atoms with Gasteiger partial charge in [0.15, 0.2) is 0 Å². The van der Waals surface area contributed by atoms with Crippen LogP contribution in [-0.2, 0) is 10.5 Å². The number of carbonyl (C=O) groups excluding carboxylic acids is 1. The van der Waals surface area contributed by atoms with E-state index in [4.69, 9.17) is 4.74 Å². The monoisotopic (exact) mass is 364 g/mol. The number of ether oxygens (including phenoxy) is 1. The van der Waals surface area contributed by atoms with Crippen molar-refractivity contribution in [1.82, 2.24) is 5.43 Å². The lowest BCUT2D eigenvalue weighted by Gasteiger charge is -2.04. The van der Waals surface area contributed by atoms with Gasteiger partial charge < -0.3 is 4.74 Å². The zero-order chi connectivity index (χ0) is 18.2. The first-order chi connectivity index (χ1) is 12.8. The lowest BCUT2D eigenvalue weighted by molar-refractivity contribution is -0.118. The first-order valence-corrected chi connectivity index (χ1v) is 9.42. The molecule has 0 atom stereocenters. The fourth-order valence-corrected chi connectivity index (χ4v) is 3.34. The highest BCUT2D eigenvalue weighted by Gasteiger charge is 2.02. The number of benzene rings is 3. The van der Waals surface area contributed by atoms with Gasteiger partial charge in [-0.3, -0.25) is 4.79 Å². The van der Waals surface area contributed by atoms with Gasteiger partial charge in [0, 0.05) is 11.3 Å². The van der Waals surface area contributed by atoms with Crippen LogP contribution in [0.15, 0.2) is 71.8 Å². The van der Waals surface area contributed by atoms with E-state index in [9.17, 15) is 4.79 Å². The van der Waals surface area contributed by atoms with Crippen molar-refractivity contribution in [2.24, 2.45) is 5.10 Å². The van der Waals surface area contributed by atoms with Crippen LogP contribution >= 0.6 is 11.8 Å². The van der Waals surface area contributed by atoms with Gasteiger partial charge in [-0.15, -0.1) is 11.8 Å². The van der Waals surface area contributed by atoms with Crippen molar-refractivity contribution in [2.75, 3.05) is 12.9 Å². The third-order valence-electron chi connectivity index (χ3n) is 3.85. The van der Waals surface area contributed by atoms with Crippen molar-refractivity contribution in [1.29, 1.82) is 0 Å². The Balaban J connectivity index is 1.47. The summed E-state index contributed by atoms with van der Waals surface area (Å²) in [7, 11) is 1.61. The minimum absolute atomic E-state index is 0.123. The standard InChI is InChI=1S/C21H20N2O2S/c1-25-20-9-5-4-8-19(20)13-22-23-21(24)15-26-14-16-10-11-17-6-2-3-7-18(17)12-16/h2-13H,14-15H2,1H3,(H,23,24)/b22-13-. The van der Waals surface area contributed by atoms with E-state index in [-0.39, 0.29) is 5.91 Å². The van der Waals surface area contributed by atoms with Gasteiger partial charge in [-0.05, 0) is 28.5 Å². The second-order valence-electron chi connectivity index (χ2n) is 5.71. The summed E-state index contributed by atoms with van der Waals surface area (Å²) in [4.78, 5) is 11.9. The van der Waals surface area contributed by atoms with Crippen molar-refractivity contribution in [3.8, 4) is 5.75 Å². The minimum atomic E-state index is -0.123. The van der Waals surface area contributed by atoms with Crippen molar-refractivity contribution in [3.05, 3.63) is 77.9 Å². The van der Waals surface area contributed by atoms with E-state index in [0.717, 1.165) is 17.1 Å². The van der Waals surface area contributed by atoms with Crippen LogP contribution in [0.2, 0.25) is 0 Å². The summed E-state index contributed by atoms with van der Waals surface area (Å²) in [6.07, 6.45) is 1.59. The van der Waals surface area contributed by atoms with Crippen LogP contribution in [0.1, 0.15) is 11.1 Å². The molecule has 5 heteroatoms. The van der Waals surface area contributed by atoms with Crippen LogP contribution in [0.4, 0.5) is 0 Å². The Morgan fingerprint density at radius 2 is 1.85 bits per heavy atom. The fraction of sp³-hybridized carbons (Fsp3) is 0.143. The number of nitrogens with one attached hydrogen (secondary N) is 1. The maximum atomic E-state index is 11.9. The molecule has 0 saturated heterocycles. The van der Waals surface area contributed by atoms with E-state index in [2.05, 4.69) is 40.9 Å². The molecule has 1 amide bonds. The number of carbonyl (C=O) groups is 1. The van der Waals surface area contributed by atoms with Crippen LogP contribution in [0.3, 0.4) is 0 Å². The second kappa shape index (κ2) is 9.06. The van der Waals surface area contributed by atoms with Gasteiger partial charge in [-0.25, -0.2) is 5.43 Å². The molecule has 0 fully saturated rings. The summed E-state index contributed by atoms with van der Waals surface area (Å²) in [6, 6.07) is 22.2. The van der Waals surface area contributed by atoms with Crippen molar-refractivity contribution >= 4 is 34.7 Å². The summed E-state index contributed by atoms with van der Waals surface area (Å²) >= 11 is 1.57. The first kappa shape index (κ1) is 18.0. The molecule has 3 rings (SSSR count). The summed E-state index contributed by atoms with van der Waals surface area (Å²) in [5.74, 6) is 1.74. The van der Waals surface area contributed by atoms with E-state index in [0.29, 0.717) is 5.75 Å². The molecule has 0 aliphatic heterocycles. The topological polar surface area (TPSA) is 50.7 Å². The predicted molar refractivity (Wildman–Crippen MR) is 109 cm³/mol. The van der Waals surface area contributed by atoms with Crippen molar-refractivity contribution in [3.63, 3.8) is 0 Å². The quantitative estimate of drug-likeness (QED) is 0.504. The van der Waals surface area contributed by atoms with Gasteiger partial charge in [-0.1, -0.05) is 54.6 Å². The molecule has 4 nitrogen and oxygen atoms in total. The molecular weight excluding hydrogens is 344 g/mol. The maximum absolute atomic E-state index is 11.9. The van der Waals surface area contributed by atoms with E-state index in [1.165, 1.54) is 16.3 Å². The van der Waals surface area contributed by atoms with Crippen LogP contribution < -0.4 is 10.2 Å². The molecule has 0 aliphatic carbocycles.